The van der Waals surface area contributed by atoms with Crippen LogP contribution in [0.1, 0.15) is 24.8 Å². The topological polar surface area (TPSA) is 35.2 Å². The molecule has 1 aromatic carbocycles. The summed E-state index contributed by atoms with van der Waals surface area (Å²) in [5.41, 5.74) is 6.92. The van der Waals surface area contributed by atoms with Gasteiger partial charge in [0.1, 0.15) is 5.75 Å². The van der Waals surface area contributed by atoms with Crippen LogP contribution in [-0.4, -0.2) is 12.6 Å². The molecule has 0 saturated heterocycles. The smallest absolute Gasteiger partial charge is 0.124 e. The Hall–Kier alpha value is -0.730. The third-order valence-electron chi connectivity index (χ3n) is 2.64. The summed E-state index contributed by atoms with van der Waals surface area (Å²) in [6, 6.07) is 5.78. The molecule has 0 aliphatic carbocycles. The molecule has 2 unspecified atom stereocenters. The van der Waals surface area contributed by atoms with Crippen LogP contribution in [0.25, 0.3) is 0 Å². The summed E-state index contributed by atoms with van der Waals surface area (Å²) >= 11 is 5.90. The number of fused-ring (bicyclic) bond motifs is 1. The maximum absolute atomic E-state index is 5.90. The Morgan fingerprint density at radius 2 is 2.36 bits per heavy atom. The van der Waals surface area contributed by atoms with Gasteiger partial charge in [-0.2, -0.15) is 0 Å². The minimum Gasteiger partial charge on any atom is -0.490 e. The van der Waals surface area contributed by atoms with Crippen LogP contribution in [0.5, 0.6) is 5.75 Å². The van der Waals surface area contributed by atoms with Crippen molar-refractivity contribution in [3.8, 4) is 5.75 Å². The predicted octanol–water partition coefficient (Wildman–Crippen LogP) is 2.55. The van der Waals surface area contributed by atoms with E-state index in [4.69, 9.17) is 22.1 Å². The Morgan fingerprint density at radius 1 is 1.57 bits per heavy atom. The molecule has 2 nitrogen and oxygen atoms in total. The van der Waals surface area contributed by atoms with E-state index in [9.17, 15) is 0 Å². The van der Waals surface area contributed by atoms with Crippen LogP contribution >= 0.6 is 11.6 Å². The van der Waals surface area contributed by atoms with E-state index in [0.29, 0.717) is 17.5 Å². The summed E-state index contributed by atoms with van der Waals surface area (Å²) in [5.74, 6) is 1.30. The van der Waals surface area contributed by atoms with E-state index in [0.717, 1.165) is 12.2 Å². The number of hydrogen-bond donors (Lipinski definition) is 1. The highest BCUT2D eigenvalue weighted by Gasteiger charge is 2.24. The highest BCUT2D eigenvalue weighted by atomic mass is 35.5. The summed E-state index contributed by atoms with van der Waals surface area (Å²) in [5, 5.41) is 0.716. The van der Waals surface area contributed by atoms with Crippen molar-refractivity contribution in [3.63, 3.8) is 0 Å². The van der Waals surface area contributed by atoms with E-state index in [-0.39, 0.29) is 6.10 Å². The molecule has 3 heteroatoms. The van der Waals surface area contributed by atoms with Crippen molar-refractivity contribution in [1.29, 1.82) is 0 Å². The zero-order valence-electron chi connectivity index (χ0n) is 8.16. The molecule has 1 aliphatic rings. The maximum Gasteiger partial charge on any atom is 0.124 e. The van der Waals surface area contributed by atoms with Gasteiger partial charge in [-0.15, -0.1) is 0 Å². The van der Waals surface area contributed by atoms with Crippen molar-refractivity contribution < 1.29 is 4.74 Å². The first-order valence-corrected chi connectivity index (χ1v) is 5.24. The second kappa shape index (κ2) is 3.79. The predicted molar refractivity (Wildman–Crippen MR) is 58.0 cm³/mol. The normalized spacial score (nSPS) is 25.4. The minimum absolute atomic E-state index is 0.231. The fourth-order valence-corrected chi connectivity index (χ4v) is 2.13. The van der Waals surface area contributed by atoms with E-state index < -0.39 is 0 Å². The van der Waals surface area contributed by atoms with Crippen LogP contribution in [0, 0.1) is 0 Å². The van der Waals surface area contributed by atoms with E-state index in [2.05, 4.69) is 6.92 Å². The Balaban J connectivity index is 2.40. The van der Waals surface area contributed by atoms with Crippen LogP contribution < -0.4 is 10.5 Å². The molecule has 0 amide bonds. The monoisotopic (exact) mass is 211 g/mol. The molecule has 0 radical (unpaired) electrons. The van der Waals surface area contributed by atoms with Gasteiger partial charge in [-0.1, -0.05) is 17.7 Å². The van der Waals surface area contributed by atoms with E-state index in [1.807, 2.05) is 18.2 Å². The molecule has 2 atom stereocenters. The molecule has 0 saturated carbocycles. The molecular weight excluding hydrogens is 198 g/mol. The average molecular weight is 212 g/mol. The lowest BCUT2D eigenvalue weighted by Crippen LogP contribution is -2.26. The summed E-state index contributed by atoms with van der Waals surface area (Å²) in [7, 11) is 0. The summed E-state index contributed by atoms with van der Waals surface area (Å²) in [4.78, 5) is 0. The van der Waals surface area contributed by atoms with Gasteiger partial charge in [0.05, 0.1) is 6.10 Å². The van der Waals surface area contributed by atoms with Crippen LogP contribution in [0.15, 0.2) is 18.2 Å². The third-order valence-corrected chi connectivity index (χ3v) is 2.88. The Kier molecular flexibility index (Phi) is 2.66. The van der Waals surface area contributed by atoms with Gasteiger partial charge in [0, 0.05) is 10.9 Å². The number of halogens is 1. The van der Waals surface area contributed by atoms with Crippen molar-refractivity contribution in [2.24, 2.45) is 5.73 Å². The molecule has 0 aromatic heterocycles. The highest BCUT2D eigenvalue weighted by Crippen LogP contribution is 2.37. The number of benzene rings is 1. The van der Waals surface area contributed by atoms with Gasteiger partial charge in [-0.05, 0) is 37.6 Å². The zero-order chi connectivity index (χ0) is 10.1. The molecule has 1 aromatic rings. The first-order chi connectivity index (χ1) is 6.70. The summed E-state index contributed by atoms with van der Waals surface area (Å²) in [6.45, 7) is 2.73. The number of nitrogens with two attached hydrogens (primary N) is 1. The maximum atomic E-state index is 5.90. The van der Waals surface area contributed by atoms with E-state index in [1.165, 1.54) is 5.56 Å². The van der Waals surface area contributed by atoms with Crippen molar-refractivity contribution in [3.05, 3.63) is 28.8 Å². The van der Waals surface area contributed by atoms with Crippen molar-refractivity contribution >= 4 is 11.6 Å². The fourth-order valence-electron chi connectivity index (χ4n) is 1.96. The van der Waals surface area contributed by atoms with Crippen LogP contribution in [0.3, 0.4) is 0 Å². The Labute approximate surface area is 89.0 Å². The van der Waals surface area contributed by atoms with Gasteiger partial charge in [0.25, 0.3) is 0 Å². The van der Waals surface area contributed by atoms with Gasteiger partial charge < -0.3 is 10.5 Å². The molecule has 1 aliphatic heterocycles. The number of rotatable bonds is 1. The first-order valence-electron chi connectivity index (χ1n) is 4.87. The van der Waals surface area contributed by atoms with Crippen LogP contribution in [-0.2, 0) is 0 Å². The summed E-state index contributed by atoms with van der Waals surface area (Å²) in [6.07, 6.45) is 1.22. The average Bonchev–Trinajstić information content (AvgIpc) is 2.15. The highest BCUT2D eigenvalue weighted by molar-refractivity contribution is 6.30. The quantitative estimate of drug-likeness (QED) is 0.775. The molecule has 0 fully saturated rings. The Bertz CT molecular complexity index is 340. The van der Waals surface area contributed by atoms with Gasteiger partial charge in [0.2, 0.25) is 0 Å². The lowest BCUT2D eigenvalue weighted by molar-refractivity contribution is 0.177. The van der Waals surface area contributed by atoms with E-state index in [1.54, 1.807) is 0 Å². The van der Waals surface area contributed by atoms with Gasteiger partial charge in [-0.25, -0.2) is 0 Å². The molecule has 0 bridgehead atoms. The zero-order valence-corrected chi connectivity index (χ0v) is 8.92. The molecule has 76 valence electrons. The number of ether oxygens (including phenoxy) is 1. The van der Waals surface area contributed by atoms with Crippen molar-refractivity contribution in [1.82, 2.24) is 0 Å². The number of hydrogen-bond acceptors (Lipinski definition) is 2. The second-order valence-electron chi connectivity index (χ2n) is 3.78. The summed E-state index contributed by atoms with van der Waals surface area (Å²) < 4.78 is 5.70. The third kappa shape index (κ3) is 1.72. The van der Waals surface area contributed by atoms with Crippen molar-refractivity contribution in [2.75, 3.05) is 6.54 Å². The standard InChI is InChI=1S/C11H14ClNO/c1-7-4-8(6-13)10-3-2-9(12)5-11(10)14-7/h2-3,5,7-8H,4,6,13H2,1H3. The molecular formula is C11H14ClNO. The van der Waals surface area contributed by atoms with Crippen LogP contribution in [0.2, 0.25) is 5.02 Å². The minimum atomic E-state index is 0.231. The molecule has 2 rings (SSSR count). The van der Waals surface area contributed by atoms with E-state index >= 15 is 0 Å². The fraction of sp³-hybridized carbons (Fsp3) is 0.455. The first kappa shape index (κ1) is 9.81. The van der Waals surface area contributed by atoms with Gasteiger partial charge in [0.15, 0.2) is 0 Å². The largest absolute Gasteiger partial charge is 0.490 e. The van der Waals surface area contributed by atoms with Gasteiger partial charge >= 0.3 is 0 Å². The molecule has 0 spiro atoms. The lowest BCUT2D eigenvalue weighted by Gasteiger charge is -2.29. The van der Waals surface area contributed by atoms with Crippen LogP contribution in [0.4, 0.5) is 0 Å². The van der Waals surface area contributed by atoms with Crippen molar-refractivity contribution in [2.45, 2.75) is 25.4 Å². The SMILES string of the molecule is CC1CC(CN)c2ccc(Cl)cc2O1. The van der Waals surface area contributed by atoms with Gasteiger partial charge in [-0.3, -0.25) is 0 Å². The Morgan fingerprint density at radius 3 is 3.07 bits per heavy atom. The lowest BCUT2D eigenvalue weighted by atomic mass is 9.90. The second-order valence-corrected chi connectivity index (χ2v) is 4.22. The molecule has 2 N–H and O–H groups in total. The molecule has 1 heterocycles. The molecule has 14 heavy (non-hydrogen) atoms.